The number of aryl methyl sites for hydroxylation is 1. The quantitative estimate of drug-likeness (QED) is 0.439. The van der Waals surface area contributed by atoms with Crippen LogP contribution in [0.1, 0.15) is 12.1 Å². The molecule has 1 atom stereocenters. The Bertz CT molecular complexity index is 1210. The summed E-state index contributed by atoms with van der Waals surface area (Å²) in [5.41, 5.74) is 1.12. The SMILES string of the molecule is Cc1cnc(NC(=O)[C@H](CCO)Oc2ncnc3c2cnn3-c2ncccc2Cl)cn1. The number of aliphatic hydroxyl groups is 1. The largest absolute Gasteiger partial charge is 0.464 e. The zero-order valence-corrected chi connectivity index (χ0v) is 17.1. The van der Waals surface area contributed by atoms with E-state index in [0.29, 0.717) is 21.9 Å². The number of anilines is 1. The number of fused-ring (bicyclic) bond motifs is 1. The molecule has 0 aromatic carbocycles. The Morgan fingerprint density at radius 2 is 2.10 bits per heavy atom. The highest BCUT2D eigenvalue weighted by atomic mass is 35.5. The molecule has 0 unspecified atom stereocenters. The van der Waals surface area contributed by atoms with E-state index in [4.69, 9.17) is 16.3 Å². The first-order valence-corrected chi connectivity index (χ1v) is 9.61. The second-order valence-electron chi connectivity index (χ2n) is 6.43. The van der Waals surface area contributed by atoms with Gasteiger partial charge in [-0.2, -0.15) is 9.78 Å². The fourth-order valence-corrected chi connectivity index (χ4v) is 2.97. The number of amides is 1. The number of halogens is 1. The first-order valence-electron chi connectivity index (χ1n) is 9.23. The Morgan fingerprint density at radius 3 is 2.84 bits per heavy atom. The van der Waals surface area contributed by atoms with E-state index in [1.165, 1.54) is 29.6 Å². The van der Waals surface area contributed by atoms with Gasteiger partial charge in [0.15, 0.2) is 23.4 Å². The van der Waals surface area contributed by atoms with Crippen molar-refractivity contribution in [1.82, 2.24) is 34.7 Å². The Hall–Kier alpha value is -3.70. The van der Waals surface area contributed by atoms with Gasteiger partial charge in [-0.15, -0.1) is 0 Å². The molecule has 0 aliphatic rings. The molecule has 0 spiro atoms. The molecular weight excluding hydrogens is 424 g/mol. The average molecular weight is 441 g/mol. The van der Waals surface area contributed by atoms with E-state index >= 15 is 0 Å². The van der Waals surface area contributed by atoms with Gasteiger partial charge in [0, 0.05) is 19.2 Å². The highest BCUT2D eigenvalue weighted by Crippen LogP contribution is 2.26. The number of carbonyl (C=O) groups excluding carboxylic acids is 1. The monoisotopic (exact) mass is 440 g/mol. The molecule has 4 rings (SSSR count). The van der Waals surface area contributed by atoms with Gasteiger partial charge in [-0.3, -0.25) is 9.78 Å². The molecule has 4 aromatic rings. The minimum absolute atomic E-state index is 0.0385. The van der Waals surface area contributed by atoms with Gasteiger partial charge in [0.05, 0.1) is 29.3 Å². The Labute approximate surface area is 181 Å². The zero-order chi connectivity index (χ0) is 21.8. The molecular formula is C19H17ClN8O3. The maximum absolute atomic E-state index is 12.7. The average Bonchev–Trinajstić information content (AvgIpc) is 3.20. The van der Waals surface area contributed by atoms with Gasteiger partial charge in [-0.05, 0) is 19.1 Å². The van der Waals surface area contributed by atoms with Crippen molar-refractivity contribution in [1.29, 1.82) is 0 Å². The lowest BCUT2D eigenvalue weighted by Gasteiger charge is -2.17. The van der Waals surface area contributed by atoms with Crippen LogP contribution in [0.15, 0.2) is 43.2 Å². The topological polar surface area (TPSA) is 141 Å². The molecule has 158 valence electrons. The molecule has 0 saturated carbocycles. The number of aromatic nitrogens is 7. The van der Waals surface area contributed by atoms with E-state index in [9.17, 15) is 9.90 Å². The lowest BCUT2D eigenvalue weighted by atomic mass is 10.2. The summed E-state index contributed by atoms with van der Waals surface area (Å²) in [5, 5.41) is 17.2. The Balaban J connectivity index is 1.62. The van der Waals surface area contributed by atoms with Crippen LogP contribution in [0.5, 0.6) is 5.88 Å². The molecule has 1 amide bonds. The second kappa shape index (κ2) is 8.98. The summed E-state index contributed by atoms with van der Waals surface area (Å²) in [7, 11) is 0. The summed E-state index contributed by atoms with van der Waals surface area (Å²) < 4.78 is 7.28. The van der Waals surface area contributed by atoms with E-state index in [1.54, 1.807) is 25.3 Å². The van der Waals surface area contributed by atoms with E-state index in [2.05, 4.69) is 35.3 Å². The third-order valence-electron chi connectivity index (χ3n) is 4.24. The van der Waals surface area contributed by atoms with Crippen LogP contribution in [0, 0.1) is 6.92 Å². The molecule has 2 N–H and O–H groups in total. The molecule has 0 fully saturated rings. The number of nitrogens with zero attached hydrogens (tertiary/aromatic N) is 7. The van der Waals surface area contributed by atoms with Crippen molar-refractivity contribution in [2.45, 2.75) is 19.4 Å². The van der Waals surface area contributed by atoms with Gasteiger partial charge in [-0.1, -0.05) is 11.6 Å². The maximum atomic E-state index is 12.7. The minimum atomic E-state index is -1.03. The number of pyridine rings is 1. The third-order valence-corrected chi connectivity index (χ3v) is 4.53. The first kappa shape index (κ1) is 20.6. The molecule has 0 aliphatic carbocycles. The fourth-order valence-electron chi connectivity index (χ4n) is 2.76. The van der Waals surface area contributed by atoms with Crippen molar-refractivity contribution in [3.8, 4) is 11.7 Å². The van der Waals surface area contributed by atoms with Crippen LogP contribution in [-0.2, 0) is 4.79 Å². The smallest absolute Gasteiger partial charge is 0.266 e. The zero-order valence-electron chi connectivity index (χ0n) is 16.3. The molecule has 31 heavy (non-hydrogen) atoms. The van der Waals surface area contributed by atoms with E-state index in [1.807, 2.05) is 0 Å². The molecule has 4 aromatic heterocycles. The van der Waals surface area contributed by atoms with Crippen molar-refractivity contribution in [2.75, 3.05) is 11.9 Å². The van der Waals surface area contributed by atoms with Crippen LogP contribution in [0.2, 0.25) is 5.02 Å². The number of carbonyl (C=O) groups is 1. The number of nitrogens with one attached hydrogen (secondary N) is 1. The van der Waals surface area contributed by atoms with Crippen LogP contribution in [0.4, 0.5) is 5.82 Å². The van der Waals surface area contributed by atoms with Gasteiger partial charge in [0.1, 0.15) is 11.7 Å². The third kappa shape index (κ3) is 4.42. The standard InChI is InChI=1S/C19H17ClN8O3/c1-11-7-23-15(9-22-11)27-18(30)14(4-6-29)31-19-12-8-26-28(16(12)24-10-25-19)17-13(20)3-2-5-21-17/h2-3,5,7-10,14,29H,4,6H2,1H3,(H,23,27,30)/t14-/m0/s1. The minimum Gasteiger partial charge on any atom is -0.464 e. The predicted octanol–water partition coefficient (Wildman–Crippen LogP) is 1.73. The van der Waals surface area contributed by atoms with Crippen molar-refractivity contribution >= 4 is 34.4 Å². The van der Waals surface area contributed by atoms with Crippen LogP contribution >= 0.6 is 11.6 Å². The van der Waals surface area contributed by atoms with E-state index in [-0.39, 0.29) is 24.7 Å². The molecule has 11 nitrogen and oxygen atoms in total. The second-order valence-corrected chi connectivity index (χ2v) is 6.84. The first-order chi connectivity index (χ1) is 15.1. The van der Waals surface area contributed by atoms with Crippen LogP contribution in [0.25, 0.3) is 16.9 Å². The van der Waals surface area contributed by atoms with Gasteiger partial charge in [0.2, 0.25) is 5.88 Å². The number of hydrogen-bond donors (Lipinski definition) is 2. The Morgan fingerprint density at radius 1 is 1.23 bits per heavy atom. The predicted molar refractivity (Wildman–Crippen MR) is 111 cm³/mol. The van der Waals surface area contributed by atoms with E-state index in [0.717, 1.165) is 5.69 Å². The summed E-state index contributed by atoms with van der Waals surface area (Å²) in [5.74, 6) is 0.296. The maximum Gasteiger partial charge on any atom is 0.266 e. The van der Waals surface area contributed by atoms with Crippen LogP contribution in [-0.4, -0.2) is 58.4 Å². The van der Waals surface area contributed by atoms with Crippen molar-refractivity contribution < 1.29 is 14.6 Å². The fraction of sp³-hybridized carbons (Fsp3) is 0.211. The highest BCUT2D eigenvalue weighted by molar-refractivity contribution is 6.32. The highest BCUT2D eigenvalue weighted by Gasteiger charge is 2.24. The summed E-state index contributed by atoms with van der Waals surface area (Å²) in [6.45, 7) is 1.52. The lowest BCUT2D eigenvalue weighted by Crippen LogP contribution is -2.34. The van der Waals surface area contributed by atoms with Gasteiger partial charge >= 0.3 is 0 Å². The van der Waals surface area contributed by atoms with E-state index < -0.39 is 12.0 Å². The van der Waals surface area contributed by atoms with Crippen LogP contribution in [0.3, 0.4) is 0 Å². The molecule has 12 heteroatoms. The molecule has 0 aliphatic heterocycles. The number of ether oxygens (including phenoxy) is 1. The van der Waals surface area contributed by atoms with Gasteiger partial charge in [-0.25, -0.2) is 19.9 Å². The summed E-state index contributed by atoms with van der Waals surface area (Å²) >= 11 is 6.22. The molecule has 0 radical (unpaired) electrons. The number of rotatable bonds is 7. The number of aliphatic hydroxyl groups excluding tert-OH is 1. The van der Waals surface area contributed by atoms with Gasteiger partial charge in [0.25, 0.3) is 5.91 Å². The molecule has 0 bridgehead atoms. The number of hydrogen-bond acceptors (Lipinski definition) is 9. The Kier molecular flexibility index (Phi) is 5.96. The van der Waals surface area contributed by atoms with Crippen LogP contribution < -0.4 is 10.1 Å². The lowest BCUT2D eigenvalue weighted by molar-refractivity contribution is -0.123. The van der Waals surface area contributed by atoms with Crippen molar-refractivity contribution in [3.63, 3.8) is 0 Å². The summed E-state index contributed by atoms with van der Waals surface area (Å²) in [6.07, 6.45) is 6.34. The van der Waals surface area contributed by atoms with Crippen molar-refractivity contribution in [3.05, 3.63) is 54.0 Å². The summed E-state index contributed by atoms with van der Waals surface area (Å²) in [4.78, 5) is 33.5. The van der Waals surface area contributed by atoms with Gasteiger partial charge < -0.3 is 15.2 Å². The summed E-state index contributed by atoms with van der Waals surface area (Å²) in [6, 6.07) is 3.39. The van der Waals surface area contributed by atoms with Crippen molar-refractivity contribution in [2.24, 2.45) is 0 Å². The normalized spacial score (nSPS) is 12.0. The molecule has 4 heterocycles. The molecule has 0 saturated heterocycles.